The number of hydrogen-bond acceptors (Lipinski definition) is 5. The van der Waals surface area contributed by atoms with Crippen LogP contribution in [0.3, 0.4) is 0 Å². The van der Waals surface area contributed by atoms with Gasteiger partial charge in [-0.3, -0.25) is 4.90 Å². The van der Waals surface area contributed by atoms with E-state index in [4.69, 9.17) is 4.74 Å². The minimum absolute atomic E-state index is 0.540. The zero-order valence-electron chi connectivity index (χ0n) is 13.3. The molecule has 1 heterocycles. The van der Waals surface area contributed by atoms with Crippen LogP contribution in [0.15, 0.2) is 24.3 Å². The van der Waals surface area contributed by atoms with E-state index in [1.54, 1.807) is 7.11 Å². The Hall–Kier alpha value is -1.95. The van der Waals surface area contributed by atoms with Gasteiger partial charge in [0.25, 0.3) is 0 Å². The van der Waals surface area contributed by atoms with E-state index >= 15 is 0 Å². The van der Waals surface area contributed by atoms with Crippen LogP contribution in [0.1, 0.15) is 36.7 Å². The molecule has 1 fully saturated rings. The van der Waals surface area contributed by atoms with E-state index in [0.29, 0.717) is 6.04 Å². The van der Waals surface area contributed by atoms with Gasteiger partial charge in [-0.2, -0.15) is 0 Å². The summed E-state index contributed by atoms with van der Waals surface area (Å²) < 4.78 is 7.16. The van der Waals surface area contributed by atoms with Gasteiger partial charge in [-0.15, -0.1) is 5.10 Å². The maximum Gasteiger partial charge on any atom is 0.165 e. The molecule has 0 saturated heterocycles. The first-order chi connectivity index (χ1) is 10.8. The van der Waals surface area contributed by atoms with E-state index in [2.05, 4.69) is 39.6 Å². The van der Waals surface area contributed by atoms with Crippen LogP contribution < -0.4 is 4.74 Å². The summed E-state index contributed by atoms with van der Waals surface area (Å²) in [6.07, 6.45) is 4.61. The Bertz CT molecular complexity index is 591. The third-order valence-electron chi connectivity index (χ3n) is 4.03. The molecule has 1 aromatic heterocycles. The van der Waals surface area contributed by atoms with Crippen LogP contribution >= 0.6 is 0 Å². The van der Waals surface area contributed by atoms with Crippen LogP contribution in [0.25, 0.3) is 0 Å². The quantitative estimate of drug-likeness (QED) is 0.747. The van der Waals surface area contributed by atoms with Crippen molar-refractivity contribution in [3.63, 3.8) is 0 Å². The minimum atomic E-state index is 0.540. The highest BCUT2D eigenvalue weighted by molar-refractivity contribution is 5.27. The molecule has 0 spiro atoms. The summed E-state index contributed by atoms with van der Waals surface area (Å²) in [5.74, 6) is 1.89. The molecule has 2 aromatic rings. The smallest absolute Gasteiger partial charge is 0.165 e. The summed E-state index contributed by atoms with van der Waals surface area (Å²) in [6.45, 7) is 1.84. The molecule has 1 aliphatic carbocycles. The molecule has 3 rings (SSSR count). The van der Waals surface area contributed by atoms with Crippen molar-refractivity contribution in [1.82, 2.24) is 25.1 Å². The van der Waals surface area contributed by atoms with Gasteiger partial charge in [0.1, 0.15) is 5.75 Å². The lowest BCUT2D eigenvalue weighted by molar-refractivity contribution is 0.306. The summed E-state index contributed by atoms with van der Waals surface area (Å²) in [7, 11) is 3.82. The van der Waals surface area contributed by atoms with Crippen molar-refractivity contribution in [2.45, 2.75) is 38.3 Å². The summed E-state index contributed by atoms with van der Waals surface area (Å²) >= 11 is 0. The predicted molar refractivity (Wildman–Crippen MR) is 83.7 cm³/mol. The SMILES string of the molecule is COc1ccc(CCCN(C)Cc2nnnn2C2CC2)cc1. The van der Waals surface area contributed by atoms with Gasteiger partial charge in [-0.1, -0.05) is 12.1 Å². The number of aromatic nitrogens is 4. The number of aryl methyl sites for hydroxylation is 1. The molecule has 0 radical (unpaired) electrons. The van der Waals surface area contributed by atoms with E-state index in [9.17, 15) is 0 Å². The van der Waals surface area contributed by atoms with Crippen LogP contribution in [0.4, 0.5) is 0 Å². The molecule has 1 saturated carbocycles. The molecule has 22 heavy (non-hydrogen) atoms. The Morgan fingerprint density at radius 2 is 2.05 bits per heavy atom. The van der Waals surface area contributed by atoms with Gasteiger partial charge in [0.15, 0.2) is 5.82 Å². The first-order valence-electron chi connectivity index (χ1n) is 7.84. The summed E-state index contributed by atoms with van der Waals surface area (Å²) in [4.78, 5) is 2.29. The van der Waals surface area contributed by atoms with Gasteiger partial charge in [0, 0.05) is 0 Å². The fraction of sp³-hybridized carbons (Fsp3) is 0.562. The van der Waals surface area contributed by atoms with Crippen molar-refractivity contribution in [1.29, 1.82) is 0 Å². The molecule has 0 aliphatic heterocycles. The lowest BCUT2D eigenvalue weighted by atomic mass is 10.1. The Kier molecular flexibility index (Phi) is 4.68. The molecule has 118 valence electrons. The Morgan fingerprint density at radius 3 is 2.73 bits per heavy atom. The summed E-state index contributed by atoms with van der Waals surface area (Å²) in [6, 6.07) is 8.84. The number of benzene rings is 1. The molecular weight excluding hydrogens is 278 g/mol. The molecule has 0 amide bonds. The zero-order valence-corrected chi connectivity index (χ0v) is 13.3. The first-order valence-corrected chi connectivity index (χ1v) is 7.84. The van der Waals surface area contributed by atoms with Crippen molar-refractivity contribution >= 4 is 0 Å². The molecule has 0 bridgehead atoms. The first kappa shape index (κ1) is 15.0. The molecule has 1 aromatic carbocycles. The van der Waals surface area contributed by atoms with Crippen LogP contribution in [0.5, 0.6) is 5.75 Å². The second-order valence-corrected chi connectivity index (χ2v) is 5.96. The molecule has 6 heteroatoms. The third-order valence-corrected chi connectivity index (χ3v) is 4.03. The van der Waals surface area contributed by atoms with E-state index < -0.39 is 0 Å². The number of rotatable bonds is 8. The highest BCUT2D eigenvalue weighted by Crippen LogP contribution is 2.34. The van der Waals surface area contributed by atoms with E-state index in [1.807, 2.05) is 16.8 Å². The minimum Gasteiger partial charge on any atom is -0.497 e. The van der Waals surface area contributed by atoms with Gasteiger partial charge < -0.3 is 4.74 Å². The van der Waals surface area contributed by atoms with Gasteiger partial charge in [0.05, 0.1) is 19.7 Å². The number of nitrogens with zero attached hydrogens (tertiary/aromatic N) is 5. The Balaban J connectivity index is 1.43. The highest BCUT2D eigenvalue weighted by atomic mass is 16.5. The van der Waals surface area contributed by atoms with Crippen LogP contribution in [-0.2, 0) is 13.0 Å². The van der Waals surface area contributed by atoms with E-state index in [-0.39, 0.29) is 0 Å². The normalized spacial score (nSPS) is 14.5. The van der Waals surface area contributed by atoms with Gasteiger partial charge in [-0.25, -0.2) is 4.68 Å². The zero-order chi connectivity index (χ0) is 15.4. The lowest BCUT2D eigenvalue weighted by Gasteiger charge is -2.15. The molecule has 6 nitrogen and oxygen atoms in total. The Labute approximate surface area is 131 Å². The van der Waals surface area contributed by atoms with Crippen molar-refractivity contribution in [2.75, 3.05) is 20.7 Å². The van der Waals surface area contributed by atoms with Crippen LogP contribution in [-0.4, -0.2) is 45.8 Å². The second kappa shape index (κ2) is 6.87. The van der Waals surface area contributed by atoms with E-state index in [1.165, 1.54) is 18.4 Å². The van der Waals surface area contributed by atoms with Crippen molar-refractivity contribution in [3.05, 3.63) is 35.7 Å². The number of methoxy groups -OCH3 is 1. The van der Waals surface area contributed by atoms with Crippen molar-refractivity contribution in [3.8, 4) is 5.75 Å². The largest absolute Gasteiger partial charge is 0.497 e. The lowest BCUT2D eigenvalue weighted by Crippen LogP contribution is -2.22. The summed E-state index contributed by atoms with van der Waals surface area (Å²) in [5, 5.41) is 12.0. The Morgan fingerprint density at radius 1 is 1.27 bits per heavy atom. The summed E-state index contributed by atoms with van der Waals surface area (Å²) in [5.41, 5.74) is 1.34. The van der Waals surface area contributed by atoms with Crippen LogP contribution in [0, 0.1) is 0 Å². The van der Waals surface area contributed by atoms with Gasteiger partial charge in [-0.05, 0) is 67.4 Å². The third kappa shape index (κ3) is 3.82. The monoisotopic (exact) mass is 301 g/mol. The van der Waals surface area contributed by atoms with Crippen molar-refractivity contribution in [2.24, 2.45) is 0 Å². The fourth-order valence-electron chi connectivity index (χ4n) is 2.58. The molecule has 0 atom stereocenters. The fourth-order valence-corrected chi connectivity index (χ4v) is 2.58. The number of hydrogen-bond donors (Lipinski definition) is 0. The van der Waals surface area contributed by atoms with E-state index in [0.717, 1.165) is 37.5 Å². The number of tetrazole rings is 1. The van der Waals surface area contributed by atoms with Gasteiger partial charge in [0.2, 0.25) is 0 Å². The molecule has 0 N–H and O–H groups in total. The molecule has 0 unspecified atom stereocenters. The number of ether oxygens (including phenoxy) is 1. The maximum absolute atomic E-state index is 5.18. The molecular formula is C16H23N5O. The predicted octanol–water partition coefficient (Wildman–Crippen LogP) is 2.08. The average Bonchev–Trinajstić information content (AvgIpc) is 3.28. The standard InChI is InChI=1S/C16H23N5O/c1-20(12-16-17-18-19-21(16)14-7-8-14)11-3-4-13-5-9-15(22-2)10-6-13/h5-6,9-10,14H,3-4,7-8,11-12H2,1-2H3. The van der Waals surface area contributed by atoms with Crippen LogP contribution in [0.2, 0.25) is 0 Å². The topological polar surface area (TPSA) is 56.1 Å². The highest BCUT2D eigenvalue weighted by Gasteiger charge is 2.27. The second-order valence-electron chi connectivity index (χ2n) is 5.96. The molecule has 1 aliphatic rings. The average molecular weight is 301 g/mol. The maximum atomic E-state index is 5.18. The van der Waals surface area contributed by atoms with Gasteiger partial charge >= 0.3 is 0 Å². The van der Waals surface area contributed by atoms with Crippen molar-refractivity contribution < 1.29 is 4.74 Å².